The van der Waals surface area contributed by atoms with Crippen molar-refractivity contribution in [3.05, 3.63) is 89.4 Å². The fourth-order valence-electron chi connectivity index (χ4n) is 5.50. The van der Waals surface area contributed by atoms with Gasteiger partial charge in [-0.15, -0.1) is 0 Å². The standard InChI is InChI=1S/C30H38N6O/c1-24-7-2-3-9-26(24)23-34-17-12-27(13-18-34)35-15-6-16-36(20-19-35)29-11-4-10-28(33-29)30(37)32-22-25-8-5-14-31-21-25/h2-5,7-11,14,21,27H,6,12-13,15-20,22-23H2,1H3,(H,32,37). The number of aryl methyl sites for hydroxylation is 1. The molecule has 2 aliphatic rings. The molecule has 0 atom stereocenters. The van der Waals surface area contributed by atoms with Crippen LogP contribution >= 0.6 is 0 Å². The zero-order chi connectivity index (χ0) is 25.5. The molecule has 2 saturated heterocycles. The lowest BCUT2D eigenvalue weighted by Gasteiger charge is -2.38. The number of aromatic nitrogens is 2. The zero-order valence-electron chi connectivity index (χ0n) is 21.9. The van der Waals surface area contributed by atoms with E-state index in [-0.39, 0.29) is 5.91 Å². The van der Waals surface area contributed by atoms with Crippen molar-refractivity contribution in [2.45, 2.75) is 45.3 Å². The monoisotopic (exact) mass is 498 g/mol. The molecule has 7 heteroatoms. The third kappa shape index (κ3) is 6.73. The highest BCUT2D eigenvalue weighted by molar-refractivity contribution is 5.92. The van der Waals surface area contributed by atoms with Gasteiger partial charge in [-0.2, -0.15) is 0 Å². The van der Waals surface area contributed by atoms with Crippen LogP contribution in [0.1, 0.15) is 46.4 Å². The SMILES string of the molecule is Cc1ccccc1CN1CCC(N2CCCN(c3cccc(C(=O)NCc4cccnc4)n3)CC2)CC1. The maximum atomic E-state index is 12.7. The second-order valence-corrected chi connectivity index (χ2v) is 10.2. The average molecular weight is 499 g/mol. The molecule has 0 saturated carbocycles. The van der Waals surface area contributed by atoms with Crippen molar-refractivity contribution in [2.75, 3.05) is 44.2 Å². The molecule has 1 N–H and O–H groups in total. The molecule has 0 radical (unpaired) electrons. The Hall–Kier alpha value is -3.29. The van der Waals surface area contributed by atoms with Gasteiger partial charge < -0.3 is 10.2 Å². The zero-order valence-corrected chi connectivity index (χ0v) is 21.9. The van der Waals surface area contributed by atoms with Gasteiger partial charge in [0, 0.05) is 57.7 Å². The minimum atomic E-state index is -0.153. The van der Waals surface area contributed by atoms with Crippen LogP contribution in [0, 0.1) is 6.92 Å². The van der Waals surface area contributed by atoms with Crippen LogP contribution < -0.4 is 10.2 Å². The maximum absolute atomic E-state index is 12.7. The molecule has 0 bridgehead atoms. The fraction of sp³-hybridized carbons (Fsp3) is 0.433. The number of carbonyl (C=O) groups is 1. The first-order valence-corrected chi connectivity index (χ1v) is 13.6. The summed E-state index contributed by atoms with van der Waals surface area (Å²) in [7, 11) is 0. The summed E-state index contributed by atoms with van der Waals surface area (Å²) < 4.78 is 0. The third-order valence-corrected chi connectivity index (χ3v) is 7.73. The van der Waals surface area contributed by atoms with Crippen LogP contribution in [0.5, 0.6) is 0 Å². The van der Waals surface area contributed by atoms with Crippen molar-refractivity contribution in [2.24, 2.45) is 0 Å². The summed E-state index contributed by atoms with van der Waals surface area (Å²) in [6.07, 6.45) is 7.07. The van der Waals surface area contributed by atoms with Gasteiger partial charge in [0.1, 0.15) is 11.5 Å². The first-order chi connectivity index (χ1) is 18.2. The van der Waals surface area contributed by atoms with Gasteiger partial charge in [-0.25, -0.2) is 4.98 Å². The topological polar surface area (TPSA) is 64.6 Å². The predicted octanol–water partition coefficient (Wildman–Crippen LogP) is 3.89. The molecule has 0 aliphatic carbocycles. The number of hydrogen-bond acceptors (Lipinski definition) is 6. The van der Waals surface area contributed by atoms with E-state index in [1.54, 1.807) is 18.5 Å². The van der Waals surface area contributed by atoms with Crippen LogP contribution in [-0.4, -0.2) is 71.0 Å². The minimum Gasteiger partial charge on any atom is -0.355 e. The maximum Gasteiger partial charge on any atom is 0.270 e. The molecule has 3 aromatic rings. The smallest absolute Gasteiger partial charge is 0.270 e. The van der Waals surface area contributed by atoms with E-state index < -0.39 is 0 Å². The lowest BCUT2D eigenvalue weighted by molar-refractivity contribution is 0.0946. The van der Waals surface area contributed by atoms with E-state index in [9.17, 15) is 4.79 Å². The van der Waals surface area contributed by atoms with Gasteiger partial charge in [0.25, 0.3) is 5.91 Å². The second-order valence-electron chi connectivity index (χ2n) is 10.2. The molecule has 1 amide bonds. The Kier molecular flexibility index (Phi) is 8.43. The Morgan fingerprint density at radius 3 is 2.62 bits per heavy atom. The Morgan fingerprint density at radius 2 is 1.81 bits per heavy atom. The minimum absolute atomic E-state index is 0.153. The lowest BCUT2D eigenvalue weighted by Crippen LogP contribution is -2.46. The quantitative estimate of drug-likeness (QED) is 0.533. The molecule has 2 aliphatic heterocycles. The van der Waals surface area contributed by atoms with Gasteiger partial charge in [0.05, 0.1) is 0 Å². The summed E-state index contributed by atoms with van der Waals surface area (Å²) in [6, 6.07) is 19.0. The Bertz CT molecular complexity index is 1160. The van der Waals surface area contributed by atoms with Crippen LogP contribution in [-0.2, 0) is 13.1 Å². The summed E-state index contributed by atoms with van der Waals surface area (Å²) in [6.45, 7) is 10.1. The van der Waals surface area contributed by atoms with Gasteiger partial charge in [0.2, 0.25) is 0 Å². The molecule has 194 valence electrons. The van der Waals surface area contributed by atoms with E-state index in [0.717, 1.165) is 63.6 Å². The number of nitrogens with one attached hydrogen (secondary N) is 1. The number of benzene rings is 1. The molecule has 0 spiro atoms. The molecular formula is C30H38N6O. The average Bonchev–Trinajstić information content (AvgIpc) is 3.21. The third-order valence-electron chi connectivity index (χ3n) is 7.73. The van der Waals surface area contributed by atoms with Crippen molar-refractivity contribution in [3.8, 4) is 0 Å². The van der Waals surface area contributed by atoms with Gasteiger partial charge in [-0.3, -0.25) is 19.6 Å². The second kappa shape index (κ2) is 12.3. The molecule has 7 nitrogen and oxygen atoms in total. The van der Waals surface area contributed by atoms with Crippen molar-refractivity contribution in [3.63, 3.8) is 0 Å². The Morgan fingerprint density at radius 1 is 0.946 bits per heavy atom. The number of amides is 1. The van der Waals surface area contributed by atoms with Gasteiger partial charge in [-0.05, 0) is 74.2 Å². The summed E-state index contributed by atoms with van der Waals surface area (Å²) in [5, 5.41) is 2.96. The Labute approximate surface area is 220 Å². The number of piperidine rings is 1. The van der Waals surface area contributed by atoms with E-state index >= 15 is 0 Å². The first-order valence-electron chi connectivity index (χ1n) is 13.6. The van der Waals surface area contributed by atoms with Gasteiger partial charge in [-0.1, -0.05) is 36.4 Å². The molecule has 37 heavy (non-hydrogen) atoms. The molecule has 5 rings (SSSR count). The highest BCUT2D eigenvalue weighted by atomic mass is 16.1. The van der Waals surface area contributed by atoms with Gasteiger partial charge in [0.15, 0.2) is 0 Å². The molecule has 1 aromatic carbocycles. The summed E-state index contributed by atoms with van der Waals surface area (Å²) in [5.41, 5.74) is 4.27. The van der Waals surface area contributed by atoms with Crippen LogP contribution in [0.2, 0.25) is 0 Å². The summed E-state index contributed by atoms with van der Waals surface area (Å²) >= 11 is 0. The number of hydrogen-bond donors (Lipinski definition) is 1. The van der Waals surface area contributed by atoms with E-state index in [1.165, 1.54) is 24.0 Å². The first kappa shape index (κ1) is 25.4. The summed E-state index contributed by atoms with van der Waals surface area (Å²) in [4.78, 5) is 29.2. The highest BCUT2D eigenvalue weighted by Gasteiger charge is 2.27. The number of carbonyl (C=O) groups excluding carboxylic acids is 1. The van der Waals surface area contributed by atoms with Crippen molar-refractivity contribution in [1.82, 2.24) is 25.1 Å². The molecule has 2 aromatic heterocycles. The van der Waals surface area contributed by atoms with Gasteiger partial charge >= 0.3 is 0 Å². The molecular weight excluding hydrogens is 460 g/mol. The fourth-order valence-corrected chi connectivity index (χ4v) is 5.50. The normalized spacial score (nSPS) is 17.9. The lowest BCUT2D eigenvalue weighted by atomic mass is 10.0. The number of anilines is 1. The van der Waals surface area contributed by atoms with Crippen molar-refractivity contribution < 1.29 is 4.79 Å². The molecule has 4 heterocycles. The predicted molar refractivity (Wildman–Crippen MR) is 148 cm³/mol. The van der Waals surface area contributed by atoms with Crippen molar-refractivity contribution in [1.29, 1.82) is 0 Å². The highest BCUT2D eigenvalue weighted by Crippen LogP contribution is 2.22. The number of rotatable bonds is 7. The van der Waals surface area contributed by atoms with Crippen LogP contribution in [0.25, 0.3) is 0 Å². The largest absolute Gasteiger partial charge is 0.355 e. The van der Waals surface area contributed by atoms with Crippen LogP contribution in [0.4, 0.5) is 5.82 Å². The number of pyridine rings is 2. The van der Waals surface area contributed by atoms with E-state index in [1.807, 2.05) is 24.3 Å². The van der Waals surface area contributed by atoms with E-state index in [0.29, 0.717) is 18.3 Å². The summed E-state index contributed by atoms with van der Waals surface area (Å²) in [5.74, 6) is 0.739. The van der Waals surface area contributed by atoms with Crippen molar-refractivity contribution >= 4 is 11.7 Å². The van der Waals surface area contributed by atoms with E-state index in [4.69, 9.17) is 4.98 Å². The van der Waals surface area contributed by atoms with Crippen LogP contribution in [0.3, 0.4) is 0 Å². The van der Waals surface area contributed by atoms with E-state index in [2.05, 4.69) is 56.2 Å². The van der Waals surface area contributed by atoms with Crippen LogP contribution in [0.15, 0.2) is 67.0 Å². The molecule has 0 unspecified atom stereocenters. The molecule has 2 fully saturated rings. The number of nitrogens with zero attached hydrogens (tertiary/aromatic N) is 5. The number of likely N-dealkylation sites (tertiary alicyclic amines) is 1. The Balaban J connectivity index is 1.12.